The first-order valence-corrected chi connectivity index (χ1v) is 7.92. The Labute approximate surface area is 134 Å². The van der Waals surface area contributed by atoms with Crippen molar-refractivity contribution in [2.45, 2.75) is 5.16 Å². The SMILES string of the molecule is CSc1nccc(/C(C=N)=C(/N)c2cccc(Br)c2F)n1. The molecule has 0 aliphatic rings. The molecule has 0 aliphatic heterocycles. The zero-order chi connectivity index (χ0) is 15.4. The van der Waals surface area contributed by atoms with E-state index in [0.29, 0.717) is 20.9 Å². The molecule has 0 saturated carbocycles. The Morgan fingerprint density at radius 3 is 2.86 bits per heavy atom. The predicted molar refractivity (Wildman–Crippen MR) is 87.7 cm³/mol. The summed E-state index contributed by atoms with van der Waals surface area (Å²) >= 11 is 4.51. The van der Waals surface area contributed by atoms with Crippen LogP contribution in [0.2, 0.25) is 0 Å². The smallest absolute Gasteiger partial charge is 0.187 e. The normalized spacial score (nSPS) is 12.0. The van der Waals surface area contributed by atoms with Crippen molar-refractivity contribution >= 4 is 45.2 Å². The van der Waals surface area contributed by atoms with E-state index in [1.807, 2.05) is 6.26 Å². The second-order valence-electron chi connectivity index (χ2n) is 4.00. The first-order chi connectivity index (χ1) is 10.1. The molecule has 2 aromatic rings. The monoisotopic (exact) mass is 366 g/mol. The van der Waals surface area contributed by atoms with Gasteiger partial charge in [0.25, 0.3) is 0 Å². The highest BCUT2D eigenvalue weighted by Crippen LogP contribution is 2.26. The van der Waals surface area contributed by atoms with Crippen LogP contribution in [0.1, 0.15) is 11.3 Å². The van der Waals surface area contributed by atoms with Gasteiger partial charge in [0, 0.05) is 23.5 Å². The Morgan fingerprint density at radius 1 is 1.43 bits per heavy atom. The summed E-state index contributed by atoms with van der Waals surface area (Å²) in [5.74, 6) is -0.464. The average molecular weight is 367 g/mol. The molecule has 1 heterocycles. The fourth-order valence-corrected chi connectivity index (χ4v) is 2.46. The number of hydrogen-bond acceptors (Lipinski definition) is 5. The molecular weight excluding hydrogens is 355 g/mol. The predicted octanol–water partition coefficient (Wildman–Crippen LogP) is 3.58. The van der Waals surface area contributed by atoms with Crippen LogP contribution in [0.25, 0.3) is 11.3 Å². The topological polar surface area (TPSA) is 75.7 Å². The number of nitrogens with one attached hydrogen (secondary N) is 1. The molecule has 108 valence electrons. The molecule has 0 aliphatic carbocycles. The van der Waals surface area contributed by atoms with Gasteiger partial charge in [-0.2, -0.15) is 0 Å². The summed E-state index contributed by atoms with van der Waals surface area (Å²) in [6.07, 6.45) is 4.51. The molecule has 1 aromatic carbocycles. The van der Waals surface area contributed by atoms with Crippen LogP contribution in [0.15, 0.2) is 40.1 Å². The van der Waals surface area contributed by atoms with E-state index in [-0.39, 0.29) is 11.3 Å². The summed E-state index contributed by atoms with van der Waals surface area (Å²) in [5, 5.41) is 8.13. The lowest BCUT2D eigenvalue weighted by atomic mass is 10.0. The maximum absolute atomic E-state index is 14.1. The molecule has 0 bridgehead atoms. The lowest BCUT2D eigenvalue weighted by molar-refractivity contribution is 0.617. The van der Waals surface area contributed by atoms with E-state index in [2.05, 4.69) is 25.9 Å². The first kappa shape index (κ1) is 15.7. The van der Waals surface area contributed by atoms with Gasteiger partial charge in [0.1, 0.15) is 5.82 Å². The van der Waals surface area contributed by atoms with Crippen molar-refractivity contribution in [3.05, 3.63) is 52.0 Å². The fraction of sp³-hybridized carbons (Fsp3) is 0.0714. The van der Waals surface area contributed by atoms with Crippen LogP contribution in [0.5, 0.6) is 0 Å². The van der Waals surface area contributed by atoms with Gasteiger partial charge in [-0.25, -0.2) is 14.4 Å². The zero-order valence-corrected chi connectivity index (χ0v) is 13.5. The van der Waals surface area contributed by atoms with Gasteiger partial charge in [-0.05, 0) is 40.4 Å². The number of nitrogens with zero attached hydrogens (tertiary/aromatic N) is 2. The van der Waals surface area contributed by atoms with Gasteiger partial charge in [-0.3, -0.25) is 0 Å². The maximum atomic E-state index is 14.1. The van der Waals surface area contributed by atoms with E-state index in [4.69, 9.17) is 11.1 Å². The van der Waals surface area contributed by atoms with Gasteiger partial charge in [0.2, 0.25) is 0 Å². The largest absolute Gasteiger partial charge is 0.398 e. The van der Waals surface area contributed by atoms with Crippen molar-refractivity contribution in [1.29, 1.82) is 5.41 Å². The highest BCUT2D eigenvalue weighted by Gasteiger charge is 2.14. The summed E-state index contributed by atoms with van der Waals surface area (Å²) in [5.41, 5.74) is 7.27. The second-order valence-corrected chi connectivity index (χ2v) is 5.63. The second kappa shape index (κ2) is 6.82. The third-order valence-electron chi connectivity index (χ3n) is 2.77. The van der Waals surface area contributed by atoms with Crippen LogP contribution in [0, 0.1) is 11.2 Å². The van der Waals surface area contributed by atoms with Crippen LogP contribution >= 0.6 is 27.7 Å². The fourth-order valence-electron chi connectivity index (χ4n) is 1.74. The first-order valence-electron chi connectivity index (χ1n) is 5.90. The van der Waals surface area contributed by atoms with Crippen molar-refractivity contribution in [3.8, 4) is 0 Å². The van der Waals surface area contributed by atoms with E-state index in [1.165, 1.54) is 11.8 Å². The van der Waals surface area contributed by atoms with E-state index in [9.17, 15) is 4.39 Å². The number of allylic oxidation sites excluding steroid dienone is 1. The van der Waals surface area contributed by atoms with Gasteiger partial charge in [0.05, 0.1) is 15.9 Å². The number of rotatable bonds is 4. The molecule has 0 fully saturated rings. The van der Waals surface area contributed by atoms with E-state index in [1.54, 1.807) is 30.5 Å². The molecule has 3 N–H and O–H groups in total. The Hall–Kier alpha value is -1.73. The standard InChI is InChI=1S/C14H12BrFN4S/c1-21-14-19-6-5-11(20-14)9(7-17)13(18)8-3-2-4-10(15)12(8)16/h2-7,17H,18H2,1H3/b13-9+,17-7?. The van der Waals surface area contributed by atoms with Crippen LogP contribution in [-0.4, -0.2) is 22.4 Å². The third-order valence-corrected chi connectivity index (χ3v) is 3.94. The average Bonchev–Trinajstić information content (AvgIpc) is 2.51. The molecule has 0 radical (unpaired) electrons. The lowest BCUT2D eigenvalue weighted by Crippen LogP contribution is -2.06. The molecule has 1 aromatic heterocycles. The Morgan fingerprint density at radius 2 is 2.19 bits per heavy atom. The minimum atomic E-state index is -0.464. The summed E-state index contributed by atoms with van der Waals surface area (Å²) in [6, 6.07) is 6.48. The van der Waals surface area contributed by atoms with Crippen molar-refractivity contribution in [3.63, 3.8) is 0 Å². The summed E-state index contributed by atoms with van der Waals surface area (Å²) in [6.45, 7) is 0. The van der Waals surface area contributed by atoms with Gasteiger partial charge in [-0.15, -0.1) is 0 Å². The van der Waals surface area contributed by atoms with E-state index in [0.717, 1.165) is 6.21 Å². The van der Waals surface area contributed by atoms with Crippen molar-refractivity contribution in [2.75, 3.05) is 6.26 Å². The summed E-state index contributed by atoms with van der Waals surface area (Å²) in [4.78, 5) is 8.36. The molecule has 21 heavy (non-hydrogen) atoms. The zero-order valence-electron chi connectivity index (χ0n) is 11.1. The van der Waals surface area contributed by atoms with E-state index >= 15 is 0 Å². The molecule has 0 amide bonds. The molecule has 7 heteroatoms. The van der Waals surface area contributed by atoms with Crippen LogP contribution in [0.4, 0.5) is 4.39 Å². The third kappa shape index (κ3) is 3.30. The number of thioether (sulfide) groups is 1. The molecule has 0 unspecified atom stereocenters. The van der Waals surface area contributed by atoms with Crippen LogP contribution < -0.4 is 5.73 Å². The van der Waals surface area contributed by atoms with Crippen molar-refractivity contribution in [1.82, 2.24) is 9.97 Å². The molecular formula is C14H12BrFN4S. The molecule has 2 rings (SSSR count). The van der Waals surface area contributed by atoms with Gasteiger partial charge < -0.3 is 11.1 Å². The number of nitrogens with two attached hydrogens (primary N) is 1. The van der Waals surface area contributed by atoms with E-state index < -0.39 is 5.82 Å². The number of benzene rings is 1. The van der Waals surface area contributed by atoms with Gasteiger partial charge >= 0.3 is 0 Å². The Balaban J connectivity index is 2.61. The molecule has 0 spiro atoms. The highest BCUT2D eigenvalue weighted by atomic mass is 79.9. The highest BCUT2D eigenvalue weighted by molar-refractivity contribution is 9.10. The number of hydrogen-bond donors (Lipinski definition) is 2. The lowest BCUT2D eigenvalue weighted by Gasteiger charge is -2.10. The van der Waals surface area contributed by atoms with Crippen LogP contribution in [-0.2, 0) is 0 Å². The van der Waals surface area contributed by atoms with Gasteiger partial charge in [0.15, 0.2) is 5.16 Å². The summed E-state index contributed by atoms with van der Waals surface area (Å²) in [7, 11) is 0. The minimum absolute atomic E-state index is 0.162. The summed E-state index contributed by atoms with van der Waals surface area (Å²) < 4.78 is 14.5. The molecule has 4 nitrogen and oxygen atoms in total. The Bertz CT molecular complexity index is 718. The van der Waals surface area contributed by atoms with Crippen molar-refractivity contribution in [2.24, 2.45) is 5.73 Å². The maximum Gasteiger partial charge on any atom is 0.187 e. The number of aromatic nitrogens is 2. The Kier molecular flexibility index (Phi) is 5.08. The molecule has 0 atom stereocenters. The minimum Gasteiger partial charge on any atom is -0.398 e. The number of halogens is 2. The van der Waals surface area contributed by atoms with Crippen LogP contribution in [0.3, 0.4) is 0 Å². The van der Waals surface area contributed by atoms with Gasteiger partial charge in [-0.1, -0.05) is 17.8 Å². The molecule has 0 saturated heterocycles. The van der Waals surface area contributed by atoms with Crippen molar-refractivity contribution < 1.29 is 4.39 Å². The quantitative estimate of drug-likeness (QED) is 0.492.